The molecule has 0 spiro atoms. The third-order valence-corrected chi connectivity index (χ3v) is 6.45. The summed E-state index contributed by atoms with van der Waals surface area (Å²) >= 11 is 1.29. The number of para-hydroxylation sites is 1. The zero-order chi connectivity index (χ0) is 21.8. The Kier molecular flexibility index (Phi) is 6.36. The van der Waals surface area contributed by atoms with E-state index in [0.29, 0.717) is 54.3 Å². The molecule has 0 saturated carbocycles. The normalized spacial score (nSPS) is 14.0. The van der Waals surface area contributed by atoms with Crippen molar-refractivity contribution in [2.45, 2.75) is 13.5 Å². The number of benzene rings is 2. The van der Waals surface area contributed by atoms with Crippen molar-refractivity contribution < 1.29 is 18.7 Å². The van der Waals surface area contributed by atoms with Gasteiger partial charge in [-0.15, -0.1) is 11.3 Å². The summed E-state index contributed by atoms with van der Waals surface area (Å²) in [7, 11) is 0. The number of carbonyl (C=O) groups excluding carboxylic acids is 2. The van der Waals surface area contributed by atoms with E-state index in [9.17, 15) is 14.0 Å². The van der Waals surface area contributed by atoms with Crippen LogP contribution in [0, 0.1) is 5.82 Å². The van der Waals surface area contributed by atoms with Crippen LogP contribution in [0.1, 0.15) is 22.2 Å². The number of fused-ring (bicyclic) bond motifs is 1. The molecule has 4 rings (SSSR count). The lowest BCUT2D eigenvalue weighted by Crippen LogP contribution is -2.53. The van der Waals surface area contributed by atoms with Gasteiger partial charge in [-0.2, -0.15) is 0 Å². The number of hydrogen-bond donors (Lipinski definition) is 1. The molecule has 6 nitrogen and oxygen atoms in total. The number of ether oxygens (including phenoxy) is 1. The molecular formula is C23H24FN3O3S. The monoisotopic (exact) mass is 441 g/mol. The van der Waals surface area contributed by atoms with Crippen molar-refractivity contribution in [3.63, 3.8) is 0 Å². The van der Waals surface area contributed by atoms with E-state index in [1.807, 2.05) is 43.3 Å². The predicted molar refractivity (Wildman–Crippen MR) is 119 cm³/mol. The molecule has 3 amide bonds. The molecule has 0 aliphatic carbocycles. The summed E-state index contributed by atoms with van der Waals surface area (Å²) in [4.78, 5) is 29.3. The lowest BCUT2D eigenvalue weighted by molar-refractivity contribution is 0.0668. The summed E-state index contributed by atoms with van der Waals surface area (Å²) in [5.74, 6) is 0.149. The largest absolute Gasteiger partial charge is 0.489 e. The maximum atomic E-state index is 14.7. The SMILES string of the molecule is CCNC(=O)N1CCN(C(=O)c2sc3cccc(F)c3c2COc2ccccc2)CC1. The summed E-state index contributed by atoms with van der Waals surface area (Å²) in [5, 5.41) is 3.22. The Morgan fingerprint density at radius 2 is 1.74 bits per heavy atom. The zero-order valence-electron chi connectivity index (χ0n) is 17.3. The third kappa shape index (κ3) is 4.49. The van der Waals surface area contributed by atoms with Gasteiger partial charge in [0.1, 0.15) is 18.2 Å². The number of hydrogen-bond acceptors (Lipinski definition) is 4. The highest BCUT2D eigenvalue weighted by molar-refractivity contribution is 7.21. The first kappa shape index (κ1) is 21.1. The smallest absolute Gasteiger partial charge is 0.317 e. The topological polar surface area (TPSA) is 61.9 Å². The Morgan fingerprint density at radius 3 is 2.45 bits per heavy atom. The lowest BCUT2D eigenvalue weighted by Gasteiger charge is -2.34. The van der Waals surface area contributed by atoms with Gasteiger partial charge in [-0.1, -0.05) is 24.3 Å². The Bertz CT molecular complexity index is 1080. The first-order valence-corrected chi connectivity index (χ1v) is 11.1. The van der Waals surface area contributed by atoms with Crippen molar-refractivity contribution in [3.05, 3.63) is 64.8 Å². The highest BCUT2D eigenvalue weighted by atomic mass is 32.1. The van der Waals surface area contributed by atoms with Gasteiger partial charge in [0.05, 0.1) is 4.88 Å². The van der Waals surface area contributed by atoms with Gasteiger partial charge in [0.15, 0.2) is 0 Å². The molecule has 1 aromatic heterocycles. The minimum Gasteiger partial charge on any atom is -0.489 e. The number of piperazine rings is 1. The number of amides is 3. The van der Waals surface area contributed by atoms with E-state index in [4.69, 9.17) is 4.74 Å². The number of rotatable bonds is 5. The van der Waals surface area contributed by atoms with Gasteiger partial charge >= 0.3 is 6.03 Å². The van der Waals surface area contributed by atoms with E-state index in [2.05, 4.69) is 5.32 Å². The molecule has 31 heavy (non-hydrogen) atoms. The van der Waals surface area contributed by atoms with Crippen LogP contribution in [-0.2, 0) is 6.61 Å². The molecule has 0 atom stereocenters. The molecule has 1 aliphatic heterocycles. The maximum absolute atomic E-state index is 14.7. The molecule has 2 aromatic carbocycles. The summed E-state index contributed by atoms with van der Waals surface area (Å²) in [6.45, 7) is 4.34. The van der Waals surface area contributed by atoms with Gasteiger partial charge in [-0.25, -0.2) is 9.18 Å². The van der Waals surface area contributed by atoms with Gasteiger partial charge < -0.3 is 19.9 Å². The first-order chi connectivity index (χ1) is 15.1. The summed E-state index contributed by atoms with van der Waals surface area (Å²) in [5.41, 5.74) is 0.568. The van der Waals surface area contributed by atoms with Crippen LogP contribution in [-0.4, -0.2) is 54.5 Å². The number of urea groups is 1. The van der Waals surface area contributed by atoms with E-state index in [0.717, 1.165) is 4.70 Å². The van der Waals surface area contributed by atoms with Crippen LogP contribution in [0.25, 0.3) is 10.1 Å². The zero-order valence-corrected chi connectivity index (χ0v) is 18.1. The van der Waals surface area contributed by atoms with Crippen molar-refractivity contribution in [1.82, 2.24) is 15.1 Å². The van der Waals surface area contributed by atoms with Gasteiger partial charge in [-0.3, -0.25) is 4.79 Å². The molecule has 8 heteroatoms. The van der Waals surface area contributed by atoms with Gasteiger partial charge in [-0.05, 0) is 31.2 Å². The average Bonchev–Trinajstić information content (AvgIpc) is 3.18. The van der Waals surface area contributed by atoms with Crippen molar-refractivity contribution in [2.75, 3.05) is 32.7 Å². The molecule has 2 heterocycles. The fraction of sp³-hybridized carbons (Fsp3) is 0.304. The molecule has 3 aromatic rings. The van der Waals surface area contributed by atoms with E-state index in [1.54, 1.807) is 15.9 Å². The van der Waals surface area contributed by atoms with Crippen LogP contribution in [0.3, 0.4) is 0 Å². The van der Waals surface area contributed by atoms with Crippen LogP contribution in [0.4, 0.5) is 9.18 Å². The van der Waals surface area contributed by atoms with E-state index in [1.165, 1.54) is 17.4 Å². The van der Waals surface area contributed by atoms with Crippen LogP contribution >= 0.6 is 11.3 Å². The molecule has 1 saturated heterocycles. The molecule has 0 bridgehead atoms. The first-order valence-electron chi connectivity index (χ1n) is 10.3. The van der Waals surface area contributed by atoms with E-state index >= 15 is 0 Å². The maximum Gasteiger partial charge on any atom is 0.317 e. The number of halogens is 1. The Hall–Kier alpha value is -3.13. The van der Waals surface area contributed by atoms with Crippen LogP contribution in [0.2, 0.25) is 0 Å². The second kappa shape index (κ2) is 9.34. The lowest BCUT2D eigenvalue weighted by atomic mass is 10.1. The Labute approximate surface area is 184 Å². The molecule has 162 valence electrons. The quantitative estimate of drug-likeness (QED) is 0.648. The Balaban J connectivity index is 1.57. The summed E-state index contributed by atoms with van der Waals surface area (Å²) < 4.78 is 21.3. The van der Waals surface area contributed by atoms with Crippen LogP contribution in [0.15, 0.2) is 48.5 Å². The number of nitrogens with one attached hydrogen (secondary N) is 1. The molecule has 1 aliphatic rings. The molecule has 1 fully saturated rings. The van der Waals surface area contributed by atoms with Gasteiger partial charge in [0.2, 0.25) is 0 Å². The third-order valence-electron chi connectivity index (χ3n) is 5.27. The highest BCUT2D eigenvalue weighted by Crippen LogP contribution is 2.35. The Morgan fingerprint density at radius 1 is 1.03 bits per heavy atom. The fourth-order valence-electron chi connectivity index (χ4n) is 3.67. The summed E-state index contributed by atoms with van der Waals surface area (Å²) in [6, 6.07) is 14.0. The molecule has 0 radical (unpaired) electrons. The minimum absolute atomic E-state index is 0.102. The molecule has 1 N–H and O–H groups in total. The molecule has 0 unspecified atom stereocenters. The van der Waals surface area contributed by atoms with Gasteiger partial charge in [0.25, 0.3) is 5.91 Å². The van der Waals surface area contributed by atoms with Crippen LogP contribution < -0.4 is 10.1 Å². The van der Waals surface area contributed by atoms with Crippen molar-refractivity contribution in [1.29, 1.82) is 0 Å². The van der Waals surface area contributed by atoms with E-state index < -0.39 is 0 Å². The number of carbonyl (C=O) groups is 2. The standard InChI is InChI=1S/C23H24FN3O3S/c1-2-25-23(29)27-13-11-26(12-14-27)22(28)21-17(15-30-16-7-4-3-5-8-16)20-18(24)9-6-10-19(20)31-21/h3-10H,2,11-15H2,1H3,(H,25,29). The van der Waals surface area contributed by atoms with Crippen molar-refractivity contribution >= 4 is 33.4 Å². The highest BCUT2D eigenvalue weighted by Gasteiger charge is 2.29. The van der Waals surface area contributed by atoms with Gasteiger partial charge in [0, 0.05) is 48.4 Å². The second-order valence-electron chi connectivity index (χ2n) is 7.24. The molecular weight excluding hydrogens is 417 g/mol. The van der Waals surface area contributed by atoms with Crippen LogP contribution in [0.5, 0.6) is 5.75 Å². The number of nitrogens with zero attached hydrogens (tertiary/aromatic N) is 2. The van der Waals surface area contributed by atoms with E-state index in [-0.39, 0.29) is 24.4 Å². The second-order valence-corrected chi connectivity index (χ2v) is 8.29. The average molecular weight is 442 g/mol. The number of thiophene rings is 1. The predicted octanol–water partition coefficient (Wildman–Crippen LogP) is 4.11. The van der Waals surface area contributed by atoms with Crippen molar-refractivity contribution in [3.8, 4) is 5.75 Å². The van der Waals surface area contributed by atoms with Crippen molar-refractivity contribution in [2.24, 2.45) is 0 Å². The fourth-order valence-corrected chi connectivity index (χ4v) is 4.86. The minimum atomic E-state index is -0.361. The summed E-state index contributed by atoms with van der Waals surface area (Å²) in [6.07, 6.45) is 0.